The first-order valence-corrected chi connectivity index (χ1v) is 9.90. The Balaban J connectivity index is 1.75. The fraction of sp³-hybridized carbons (Fsp3) is 0.727. The zero-order valence-electron chi connectivity index (χ0n) is 15.7. The Morgan fingerprint density at radius 2 is 2.12 bits per heavy atom. The van der Waals surface area contributed by atoms with Crippen molar-refractivity contribution >= 4 is 11.8 Å². The van der Waals surface area contributed by atoms with Crippen molar-refractivity contribution < 1.29 is 19.4 Å². The van der Waals surface area contributed by atoms with Gasteiger partial charge in [0.25, 0.3) is 0 Å². The molecule has 1 N–H and O–H groups in total. The highest BCUT2D eigenvalue weighted by Gasteiger charge is 2.65. The molecule has 0 radical (unpaired) electrons. The predicted molar refractivity (Wildman–Crippen MR) is 96.8 cm³/mol. The van der Waals surface area contributed by atoms with E-state index in [1.807, 2.05) is 6.08 Å². The Morgan fingerprint density at radius 3 is 2.81 bits per heavy atom. The number of allylic oxidation sites excluding steroid dienone is 1. The number of esters is 1. The topological polar surface area (TPSA) is 63.6 Å². The van der Waals surface area contributed by atoms with E-state index in [0.29, 0.717) is 37.0 Å². The van der Waals surface area contributed by atoms with E-state index in [1.165, 1.54) is 12.5 Å². The van der Waals surface area contributed by atoms with E-state index >= 15 is 0 Å². The molecule has 4 nitrogen and oxygen atoms in total. The van der Waals surface area contributed by atoms with Gasteiger partial charge in [-0.05, 0) is 62.4 Å². The highest BCUT2D eigenvalue weighted by molar-refractivity contribution is 5.91. The molecule has 4 rings (SSSR count). The van der Waals surface area contributed by atoms with Gasteiger partial charge >= 0.3 is 5.97 Å². The molecule has 26 heavy (non-hydrogen) atoms. The van der Waals surface area contributed by atoms with Crippen molar-refractivity contribution in [2.45, 2.75) is 70.5 Å². The number of terminal acetylenes is 1. The average Bonchev–Trinajstić information content (AvgIpc) is 2.85. The van der Waals surface area contributed by atoms with Gasteiger partial charge in [-0.25, -0.2) is 0 Å². The van der Waals surface area contributed by atoms with Crippen LogP contribution < -0.4 is 0 Å². The van der Waals surface area contributed by atoms with Gasteiger partial charge < -0.3 is 9.84 Å². The number of ketones is 1. The number of rotatable bonds is 1. The van der Waals surface area contributed by atoms with E-state index in [0.717, 1.165) is 25.7 Å². The average molecular weight is 356 g/mol. The molecule has 4 aliphatic rings. The lowest BCUT2D eigenvalue weighted by molar-refractivity contribution is -0.176. The SMILES string of the molecule is C#C[C@]1(O)CC[C@H]2[C@@H]3CCC4=CC(=O)CC[C@@H]4[C@H]3[C@@H](OC(C)=O)C[C@@]21C. The predicted octanol–water partition coefficient (Wildman–Crippen LogP) is 3.03. The summed E-state index contributed by atoms with van der Waals surface area (Å²) in [6.07, 6.45) is 12.9. The molecule has 4 heteroatoms. The number of fused-ring (bicyclic) bond motifs is 5. The van der Waals surface area contributed by atoms with Crippen LogP contribution in [-0.4, -0.2) is 28.6 Å². The lowest BCUT2D eigenvalue weighted by Crippen LogP contribution is -2.58. The number of carbonyl (C=O) groups excluding carboxylic acids is 2. The maximum absolute atomic E-state index is 11.9. The van der Waals surface area contributed by atoms with E-state index < -0.39 is 11.0 Å². The first-order chi connectivity index (χ1) is 12.3. The van der Waals surface area contributed by atoms with Crippen molar-refractivity contribution in [3.8, 4) is 12.3 Å². The van der Waals surface area contributed by atoms with E-state index in [1.54, 1.807) is 0 Å². The van der Waals surface area contributed by atoms with E-state index in [4.69, 9.17) is 11.2 Å². The minimum atomic E-state index is -1.13. The van der Waals surface area contributed by atoms with Crippen LogP contribution in [0.5, 0.6) is 0 Å². The summed E-state index contributed by atoms with van der Waals surface area (Å²) in [7, 11) is 0. The molecule has 4 aliphatic carbocycles. The first-order valence-electron chi connectivity index (χ1n) is 9.90. The van der Waals surface area contributed by atoms with Crippen molar-refractivity contribution in [1.82, 2.24) is 0 Å². The number of aliphatic hydroxyl groups is 1. The lowest BCUT2D eigenvalue weighted by Gasteiger charge is -2.57. The van der Waals surface area contributed by atoms with Crippen LogP contribution in [0.4, 0.5) is 0 Å². The first kappa shape index (κ1) is 17.8. The molecule has 0 heterocycles. The summed E-state index contributed by atoms with van der Waals surface area (Å²) in [5.41, 5.74) is -0.303. The molecule has 0 aromatic heterocycles. The van der Waals surface area contributed by atoms with Crippen LogP contribution in [0, 0.1) is 41.4 Å². The van der Waals surface area contributed by atoms with Crippen LogP contribution >= 0.6 is 0 Å². The fourth-order valence-corrected chi connectivity index (χ4v) is 6.80. The van der Waals surface area contributed by atoms with Crippen LogP contribution in [0.3, 0.4) is 0 Å². The van der Waals surface area contributed by atoms with Gasteiger partial charge in [0.15, 0.2) is 5.78 Å². The van der Waals surface area contributed by atoms with Gasteiger partial charge in [0, 0.05) is 24.7 Å². The molecule has 0 bridgehead atoms. The summed E-state index contributed by atoms with van der Waals surface area (Å²) in [6.45, 7) is 3.54. The molecule has 0 saturated heterocycles. The van der Waals surface area contributed by atoms with Gasteiger partial charge in [-0.3, -0.25) is 9.59 Å². The third-order valence-corrected chi connectivity index (χ3v) is 7.96. The maximum Gasteiger partial charge on any atom is 0.302 e. The summed E-state index contributed by atoms with van der Waals surface area (Å²) in [6, 6.07) is 0. The van der Waals surface area contributed by atoms with Crippen molar-refractivity contribution in [3.05, 3.63) is 11.6 Å². The minimum absolute atomic E-state index is 0.224. The summed E-state index contributed by atoms with van der Waals surface area (Å²) in [4.78, 5) is 23.7. The molecule has 0 aromatic rings. The summed E-state index contributed by atoms with van der Waals surface area (Å²) in [5.74, 6) is 3.91. The van der Waals surface area contributed by atoms with Crippen molar-refractivity contribution in [2.75, 3.05) is 0 Å². The van der Waals surface area contributed by atoms with Gasteiger partial charge in [-0.1, -0.05) is 18.4 Å². The Bertz CT molecular complexity index is 716. The van der Waals surface area contributed by atoms with E-state index in [2.05, 4.69) is 12.8 Å². The monoisotopic (exact) mass is 356 g/mol. The Hall–Kier alpha value is -1.60. The minimum Gasteiger partial charge on any atom is -0.462 e. The van der Waals surface area contributed by atoms with Gasteiger partial charge in [0.1, 0.15) is 11.7 Å². The van der Waals surface area contributed by atoms with E-state index in [-0.39, 0.29) is 23.8 Å². The molecule has 0 amide bonds. The molecule has 0 spiro atoms. The second kappa shape index (κ2) is 5.96. The largest absolute Gasteiger partial charge is 0.462 e. The van der Waals surface area contributed by atoms with Gasteiger partial charge in [0.2, 0.25) is 0 Å². The molecule has 3 saturated carbocycles. The smallest absolute Gasteiger partial charge is 0.302 e. The molecular formula is C22H28O4. The van der Waals surface area contributed by atoms with Crippen LogP contribution in [0.1, 0.15) is 58.8 Å². The fourth-order valence-electron chi connectivity index (χ4n) is 6.80. The van der Waals surface area contributed by atoms with Crippen LogP contribution in [-0.2, 0) is 14.3 Å². The van der Waals surface area contributed by atoms with Crippen molar-refractivity contribution in [2.24, 2.45) is 29.1 Å². The van der Waals surface area contributed by atoms with Gasteiger partial charge in [-0.2, -0.15) is 0 Å². The molecule has 3 fully saturated rings. The standard InChI is InChI=1S/C22H28O4/c1-4-22(25)10-9-18-17-7-5-14-11-15(24)6-8-16(14)20(17)19(26-13(2)23)12-21(18,22)3/h1,11,16-20,25H,5-10,12H2,2-3H3/t16-,17-,18-,19-,20+,21-,22-/m0/s1. The van der Waals surface area contributed by atoms with Crippen LogP contribution in [0.25, 0.3) is 0 Å². The molecular weight excluding hydrogens is 328 g/mol. The maximum atomic E-state index is 11.9. The highest BCUT2D eigenvalue weighted by Crippen LogP contribution is 2.65. The van der Waals surface area contributed by atoms with Gasteiger partial charge in [-0.15, -0.1) is 6.42 Å². The summed E-state index contributed by atoms with van der Waals surface area (Å²) >= 11 is 0. The highest BCUT2D eigenvalue weighted by atomic mass is 16.5. The zero-order chi connectivity index (χ0) is 18.7. The molecule has 7 atom stereocenters. The quantitative estimate of drug-likeness (QED) is 0.579. The molecule has 140 valence electrons. The second-order valence-corrected chi connectivity index (χ2v) is 9.03. The molecule has 0 aromatic carbocycles. The van der Waals surface area contributed by atoms with Gasteiger partial charge in [0.05, 0.1) is 0 Å². The normalized spacial score (nSPS) is 47.1. The summed E-state index contributed by atoms with van der Waals surface area (Å²) < 4.78 is 5.82. The Morgan fingerprint density at radius 1 is 1.35 bits per heavy atom. The third-order valence-electron chi connectivity index (χ3n) is 7.96. The van der Waals surface area contributed by atoms with Crippen molar-refractivity contribution in [3.63, 3.8) is 0 Å². The van der Waals surface area contributed by atoms with E-state index in [9.17, 15) is 14.7 Å². The summed E-state index contributed by atoms with van der Waals surface area (Å²) in [5, 5.41) is 11.1. The number of ether oxygens (including phenoxy) is 1. The Kier molecular flexibility index (Phi) is 4.08. The molecule has 0 unspecified atom stereocenters. The number of hydrogen-bond acceptors (Lipinski definition) is 4. The third kappa shape index (κ3) is 2.40. The zero-order valence-corrected chi connectivity index (χ0v) is 15.7. The Labute approximate surface area is 155 Å². The molecule has 0 aliphatic heterocycles. The van der Waals surface area contributed by atoms with Crippen LogP contribution in [0.15, 0.2) is 11.6 Å². The lowest BCUT2D eigenvalue weighted by atomic mass is 9.49. The number of hydrogen-bond donors (Lipinski definition) is 1. The second-order valence-electron chi connectivity index (χ2n) is 9.03. The van der Waals surface area contributed by atoms with Crippen molar-refractivity contribution in [1.29, 1.82) is 0 Å². The number of carbonyl (C=O) groups is 2. The van der Waals surface area contributed by atoms with Crippen LogP contribution in [0.2, 0.25) is 0 Å².